The number of nitriles is 1. The van der Waals surface area contributed by atoms with Crippen LogP contribution in [0.25, 0.3) is 0 Å². The summed E-state index contributed by atoms with van der Waals surface area (Å²) in [5.41, 5.74) is 2.16. The van der Waals surface area contributed by atoms with Crippen molar-refractivity contribution in [1.29, 1.82) is 5.26 Å². The minimum absolute atomic E-state index is 0.0883. The molecule has 2 amide bonds. The molecular weight excluding hydrogens is 334 g/mol. The number of nitrogens with zero attached hydrogens (tertiary/aromatic N) is 3. The molecule has 2 aromatic heterocycles. The van der Waals surface area contributed by atoms with Gasteiger partial charge in [-0.15, -0.1) is 0 Å². The number of furan rings is 1. The van der Waals surface area contributed by atoms with Crippen LogP contribution >= 0.6 is 0 Å². The molecule has 2 aromatic rings. The van der Waals surface area contributed by atoms with Crippen LogP contribution in [0.2, 0.25) is 0 Å². The number of anilines is 1. The van der Waals surface area contributed by atoms with E-state index in [0.29, 0.717) is 31.0 Å². The normalized spacial score (nSPS) is 14.7. The summed E-state index contributed by atoms with van der Waals surface area (Å²) in [6.45, 7) is 5.63. The van der Waals surface area contributed by atoms with Crippen LogP contribution in [-0.2, 0) is 16.1 Å². The number of rotatable bonds is 5. The molecule has 136 valence electrons. The summed E-state index contributed by atoms with van der Waals surface area (Å²) in [6.07, 6.45) is 1.59. The molecule has 0 aliphatic carbocycles. The minimum Gasteiger partial charge on any atom is -0.467 e. The molecule has 0 spiro atoms. The van der Waals surface area contributed by atoms with Crippen LogP contribution < -0.4 is 10.6 Å². The van der Waals surface area contributed by atoms with Crippen molar-refractivity contribution in [1.82, 2.24) is 14.8 Å². The Morgan fingerprint density at radius 3 is 2.92 bits per heavy atom. The molecule has 1 fully saturated rings. The van der Waals surface area contributed by atoms with E-state index in [1.165, 1.54) is 0 Å². The third-order valence-corrected chi connectivity index (χ3v) is 4.58. The number of aromatic nitrogens is 1. The predicted octanol–water partition coefficient (Wildman–Crippen LogP) is 0.988. The highest BCUT2D eigenvalue weighted by atomic mass is 16.3. The molecule has 0 radical (unpaired) electrons. The van der Waals surface area contributed by atoms with Gasteiger partial charge in [-0.2, -0.15) is 5.26 Å². The van der Waals surface area contributed by atoms with Gasteiger partial charge in [-0.05, 0) is 31.5 Å². The zero-order valence-electron chi connectivity index (χ0n) is 14.8. The van der Waals surface area contributed by atoms with E-state index in [-0.39, 0.29) is 24.9 Å². The summed E-state index contributed by atoms with van der Waals surface area (Å²) < 4.78 is 7.27. The fraction of sp³-hybridized carbons (Fsp3) is 0.389. The Hall–Kier alpha value is -3.05. The molecule has 3 rings (SSSR count). The molecule has 0 saturated carbocycles. The number of amides is 2. The van der Waals surface area contributed by atoms with Crippen molar-refractivity contribution in [3.63, 3.8) is 0 Å². The maximum atomic E-state index is 12.5. The van der Waals surface area contributed by atoms with Gasteiger partial charge in [0.25, 0.3) is 0 Å². The Labute approximate surface area is 151 Å². The van der Waals surface area contributed by atoms with Gasteiger partial charge in [-0.1, -0.05) is 0 Å². The van der Waals surface area contributed by atoms with Gasteiger partial charge in [0.1, 0.15) is 17.6 Å². The summed E-state index contributed by atoms with van der Waals surface area (Å²) in [7, 11) is 0. The summed E-state index contributed by atoms with van der Waals surface area (Å²) in [4.78, 5) is 25.7. The predicted molar refractivity (Wildman–Crippen MR) is 94.5 cm³/mol. The first-order valence-electron chi connectivity index (χ1n) is 8.40. The Balaban J connectivity index is 1.81. The van der Waals surface area contributed by atoms with Crippen molar-refractivity contribution in [2.24, 2.45) is 0 Å². The lowest BCUT2D eigenvalue weighted by Crippen LogP contribution is -2.49. The molecule has 0 atom stereocenters. The fourth-order valence-corrected chi connectivity index (χ4v) is 3.09. The highest BCUT2D eigenvalue weighted by molar-refractivity contribution is 5.93. The zero-order valence-corrected chi connectivity index (χ0v) is 14.8. The van der Waals surface area contributed by atoms with Crippen LogP contribution in [0, 0.1) is 25.2 Å². The van der Waals surface area contributed by atoms with Gasteiger partial charge in [0.2, 0.25) is 11.8 Å². The van der Waals surface area contributed by atoms with Crippen LogP contribution in [0.4, 0.5) is 5.82 Å². The van der Waals surface area contributed by atoms with E-state index in [4.69, 9.17) is 4.42 Å². The second kappa shape index (κ2) is 7.45. The van der Waals surface area contributed by atoms with E-state index in [1.807, 2.05) is 24.5 Å². The molecule has 0 aromatic carbocycles. The van der Waals surface area contributed by atoms with Crippen molar-refractivity contribution in [3.05, 3.63) is 41.0 Å². The Morgan fingerprint density at radius 2 is 2.27 bits per heavy atom. The number of piperazine rings is 1. The standard InChI is InChI=1S/C18H21N5O3/c1-12-13(2)23(9-14-4-3-7-26-14)18(15(12)8-19)21-17(25)11-22-6-5-20-16(24)10-22/h3-4,7H,5-6,9-11H2,1-2H3,(H,20,24)(H,21,25). The average Bonchev–Trinajstić information content (AvgIpc) is 3.18. The van der Waals surface area contributed by atoms with E-state index in [9.17, 15) is 14.9 Å². The Morgan fingerprint density at radius 1 is 1.46 bits per heavy atom. The molecule has 0 bridgehead atoms. The Bertz CT molecular complexity index is 861. The van der Waals surface area contributed by atoms with Gasteiger partial charge in [0.15, 0.2) is 0 Å². The largest absolute Gasteiger partial charge is 0.467 e. The highest BCUT2D eigenvalue weighted by Gasteiger charge is 2.23. The maximum absolute atomic E-state index is 12.5. The number of carbonyl (C=O) groups excluding carboxylic acids is 2. The Kier molecular flexibility index (Phi) is 5.09. The topological polar surface area (TPSA) is 103 Å². The van der Waals surface area contributed by atoms with Crippen molar-refractivity contribution in [2.75, 3.05) is 31.5 Å². The number of hydrogen-bond acceptors (Lipinski definition) is 5. The minimum atomic E-state index is -0.255. The molecule has 26 heavy (non-hydrogen) atoms. The lowest BCUT2D eigenvalue weighted by Gasteiger charge is -2.25. The molecule has 8 nitrogen and oxygen atoms in total. The lowest BCUT2D eigenvalue weighted by molar-refractivity contribution is -0.125. The molecule has 8 heteroatoms. The van der Waals surface area contributed by atoms with E-state index < -0.39 is 0 Å². The van der Waals surface area contributed by atoms with Crippen LogP contribution in [0.5, 0.6) is 0 Å². The van der Waals surface area contributed by atoms with Gasteiger partial charge in [-0.25, -0.2) is 0 Å². The summed E-state index contributed by atoms with van der Waals surface area (Å²) >= 11 is 0. The second-order valence-electron chi connectivity index (χ2n) is 6.32. The quantitative estimate of drug-likeness (QED) is 0.832. The monoisotopic (exact) mass is 355 g/mol. The molecule has 3 heterocycles. The molecule has 1 aliphatic heterocycles. The first-order valence-corrected chi connectivity index (χ1v) is 8.40. The number of carbonyl (C=O) groups is 2. The molecule has 1 saturated heterocycles. The number of hydrogen-bond donors (Lipinski definition) is 2. The van der Waals surface area contributed by atoms with Crippen LogP contribution in [0.3, 0.4) is 0 Å². The van der Waals surface area contributed by atoms with Crippen molar-refractivity contribution < 1.29 is 14.0 Å². The fourth-order valence-electron chi connectivity index (χ4n) is 3.09. The lowest BCUT2D eigenvalue weighted by atomic mass is 10.2. The third kappa shape index (κ3) is 3.63. The van der Waals surface area contributed by atoms with E-state index in [2.05, 4.69) is 16.7 Å². The van der Waals surface area contributed by atoms with Crippen molar-refractivity contribution in [2.45, 2.75) is 20.4 Å². The zero-order chi connectivity index (χ0) is 18.7. The smallest absolute Gasteiger partial charge is 0.239 e. The molecule has 0 unspecified atom stereocenters. The summed E-state index contributed by atoms with van der Waals surface area (Å²) in [6, 6.07) is 5.82. The second-order valence-corrected chi connectivity index (χ2v) is 6.32. The van der Waals surface area contributed by atoms with E-state index in [1.54, 1.807) is 17.2 Å². The number of nitrogens with one attached hydrogen (secondary N) is 2. The molecule has 1 aliphatic rings. The summed E-state index contributed by atoms with van der Waals surface area (Å²) in [5.74, 6) is 0.852. The van der Waals surface area contributed by atoms with E-state index in [0.717, 1.165) is 17.0 Å². The SMILES string of the molecule is Cc1c(C#N)c(NC(=O)CN2CCNC(=O)C2)n(Cc2ccco2)c1C. The van der Waals surface area contributed by atoms with Gasteiger partial charge in [0, 0.05) is 18.8 Å². The third-order valence-electron chi connectivity index (χ3n) is 4.58. The van der Waals surface area contributed by atoms with Gasteiger partial charge in [0.05, 0.1) is 31.5 Å². The van der Waals surface area contributed by atoms with Crippen LogP contribution in [0.1, 0.15) is 22.6 Å². The maximum Gasteiger partial charge on any atom is 0.239 e. The van der Waals surface area contributed by atoms with E-state index >= 15 is 0 Å². The van der Waals surface area contributed by atoms with Gasteiger partial charge >= 0.3 is 0 Å². The first-order chi connectivity index (χ1) is 12.5. The van der Waals surface area contributed by atoms with Crippen molar-refractivity contribution >= 4 is 17.6 Å². The van der Waals surface area contributed by atoms with Crippen LogP contribution in [0.15, 0.2) is 22.8 Å². The highest BCUT2D eigenvalue weighted by Crippen LogP contribution is 2.27. The summed E-state index contributed by atoms with van der Waals surface area (Å²) in [5, 5.41) is 15.1. The molecule has 2 N–H and O–H groups in total. The van der Waals surface area contributed by atoms with Gasteiger partial charge in [-0.3, -0.25) is 14.5 Å². The average molecular weight is 355 g/mol. The van der Waals surface area contributed by atoms with Crippen molar-refractivity contribution in [3.8, 4) is 6.07 Å². The first kappa shape index (κ1) is 17.8. The van der Waals surface area contributed by atoms with Crippen LogP contribution in [-0.4, -0.2) is 47.5 Å². The van der Waals surface area contributed by atoms with Gasteiger partial charge < -0.3 is 19.6 Å². The molecular formula is C18H21N5O3.